The standard InChI is InChI=1S/C19H18N2O2S2/c1-13-11-14-5-4-8-18(19(14)20-12-13)25(22,23)21-16-9-10-24-17-7-3-2-6-15(16)17/h2-8,11-12,16,21H,9-10H2,1H3/t16-/m1/s1. The van der Waals surface area contributed by atoms with Crippen LogP contribution < -0.4 is 4.72 Å². The van der Waals surface area contributed by atoms with Crippen LogP contribution in [-0.2, 0) is 10.0 Å². The maximum Gasteiger partial charge on any atom is 0.243 e. The van der Waals surface area contributed by atoms with Crippen LogP contribution in [0.5, 0.6) is 0 Å². The van der Waals surface area contributed by atoms with Gasteiger partial charge in [0.25, 0.3) is 0 Å². The highest BCUT2D eigenvalue weighted by Crippen LogP contribution is 2.37. The monoisotopic (exact) mass is 370 g/mol. The average molecular weight is 370 g/mol. The van der Waals surface area contributed by atoms with E-state index in [1.807, 2.05) is 43.3 Å². The van der Waals surface area contributed by atoms with Crippen LogP contribution in [0, 0.1) is 6.92 Å². The van der Waals surface area contributed by atoms with Crippen LogP contribution in [0.15, 0.2) is 64.5 Å². The minimum atomic E-state index is -3.66. The molecule has 128 valence electrons. The fourth-order valence-electron chi connectivity index (χ4n) is 3.17. The summed E-state index contributed by atoms with van der Waals surface area (Å²) < 4.78 is 29.0. The predicted molar refractivity (Wildman–Crippen MR) is 101 cm³/mol. The number of pyridine rings is 1. The van der Waals surface area contributed by atoms with Crippen molar-refractivity contribution < 1.29 is 8.42 Å². The molecule has 0 bridgehead atoms. The van der Waals surface area contributed by atoms with Gasteiger partial charge in [-0.1, -0.05) is 30.3 Å². The molecule has 2 aromatic carbocycles. The van der Waals surface area contributed by atoms with Crippen LogP contribution in [0.1, 0.15) is 23.6 Å². The Morgan fingerprint density at radius 3 is 2.88 bits per heavy atom. The zero-order valence-corrected chi connectivity index (χ0v) is 15.4. The quantitative estimate of drug-likeness (QED) is 0.755. The number of nitrogens with one attached hydrogen (secondary N) is 1. The van der Waals surface area contributed by atoms with Crippen molar-refractivity contribution in [2.24, 2.45) is 0 Å². The Bertz CT molecular complexity index is 1050. The van der Waals surface area contributed by atoms with Gasteiger partial charge in [-0.3, -0.25) is 4.98 Å². The van der Waals surface area contributed by atoms with Crippen LogP contribution >= 0.6 is 11.8 Å². The normalized spacial score (nSPS) is 17.4. The van der Waals surface area contributed by atoms with Gasteiger partial charge in [0.2, 0.25) is 10.0 Å². The number of fused-ring (bicyclic) bond motifs is 2. The second kappa shape index (κ2) is 6.44. The van der Waals surface area contributed by atoms with E-state index in [4.69, 9.17) is 0 Å². The molecule has 0 saturated heterocycles. The van der Waals surface area contributed by atoms with Crippen LogP contribution in [0.25, 0.3) is 10.9 Å². The summed E-state index contributed by atoms with van der Waals surface area (Å²) in [6.45, 7) is 1.95. The average Bonchev–Trinajstić information content (AvgIpc) is 2.61. The van der Waals surface area contributed by atoms with E-state index >= 15 is 0 Å². The second-order valence-electron chi connectivity index (χ2n) is 6.19. The van der Waals surface area contributed by atoms with Crippen LogP contribution in [0.3, 0.4) is 0 Å². The Morgan fingerprint density at radius 1 is 1.16 bits per heavy atom. The van der Waals surface area contributed by atoms with Gasteiger partial charge in [0.15, 0.2) is 0 Å². The molecule has 1 aliphatic rings. The minimum Gasteiger partial charge on any atom is -0.255 e. The molecule has 1 aromatic heterocycles. The molecular formula is C19H18N2O2S2. The lowest BCUT2D eigenvalue weighted by Gasteiger charge is -2.25. The number of hydrogen-bond acceptors (Lipinski definition) is 4. The van der Waals surface area contributed by atoms with E-state index in [-0.39, 0.29) is 10.9 Å². The molecule has 6 heteroatoms. The third kappa shape index (κ3) is 3.17. The lowest BCUT2D eigenvalue weighted by Crippen LogP contribution is -2.31. The van der Waals surface area contributed by atoms with Crippen molar-refractivity contribution in [3.63, 3.8) is 0 Å². The van der Waals surface area contributed by atoms with Crippen molar-refractivity contribution in [3.8, 4) is 0 Å². The zero-order chi connectivity index (χ0) is 17.4. The summed E-state index contributed by atoms with van der Waals surface area (Å²) in [7, 11) is -3.66. The van der Waals surface area contributed by atoms with E-state index in [0.717, 1.165) is 33.6 Å². The Labute approximate surface area is 151 Å². The smallest absolute Gasteiger partial charge is 0.243 e. The molecule has 0 saturated carbocycles. The van der Waals surface area contributed by atoms with Crippen molar-refractivity contribution in [3.05, 3.63) is 65.9 Å². The fourth-order valence-corrected chi connectivity index (χ4v) is 5.73. The molecular weight excluding hydrogens is 352 g/mol. The van der Waals surface area contributed by atoms with Crippen molar-refractivity contribution in [2.75, 3.05) is 5.75 Å². The zero-order valence-electron chi connectivity index (χ0n) is 13.8. The molecule has 1 atom stereocenters. The highest BCUT2D eigenvalue weighted by Gasteiger charge is 2.27. The first-order chi connectivity index (χ1) is 12.0. The number of para-hydroxylation sites is 1. The highest BCUT2D eigenvalue weighted by atomic mass is 32.2. The van der Waals surface area contributed by atoms with Gasteiger partial charge >= 0.3 is 0 Å². The predicted octanol–water partition coefficient (Wildman–Crippen LogP) is 4.06. The molecule has 0 fully saturated rings. The summed E-state index contributed by atoms with van der Waals surface area (Å²) in [6.07, 6.45) is 2.48. The SMILES string of the molecule is Cc1cnc2c(S(=O)(=O)N[C@@H]3CCSc4ccccc43)cccc2c1. The molecule has 0 unspecified atom stereocenters. The van der Waals surface area contributed by atoms with Gasteiger partial charge in [0, 0.05) is 22.5 Å². The van der Waals surface area contributed by atoms with Gasteiger partial charge in [-0.15, -0.1) is 11.8 Å². The second-order valence-corrected chi connectivity index (χ2v) is 9.01. The molecule has 0 radical (unpaired) electrons. The molecule has 4 rings (SSSR count). The van der Waals surface area contributed by atoms with E-state index in [2.05, 4.69) is 9.71 Å². The number of aryl methyl sites for hydroxylation is 1. The van der Waals surface area contributed by atoms with E-state index in [0.29, 0.717) is 5.52 Å². The van der Waals surface area contributed by atoms with Crippen LogP contribution in [0.4, 0.5) is 0 Å². The Balaban J connectivity index is 1.75. The van der Waals surface area contributed by atoms with Crippen molar-refractivity contribution >= 4 is 32.7 Å². The van der Waals surface area contributed by atoms with Gasteiger partial charge < -0.3 is 0 Å². The van der Waals surface area contributed by atoms with Crippen molar-refractivity contribution in [1.82, 2.24) is 9.71 Å². The summed E-state index contributed by atoms with van der Waals surface area (Å²) in [5.41, 5.74) is 2.57. The first-order valence-corrected chi connectivity index (χ1v) is 10.6. The summed E-state index contributed by atoms with van der Waals surface area (Å²) in [5.74, 6) is 0.900. The topological polar surface area (TPSA) is 59.1 Å². The lowest BCUT2D eigenvalue weighted by atomic mass is 10.1. The van der Waals surface area contributed by atoms with E-state index < -0.39 is 10.0 Å². The number of thioether (sulfide) groups is 1. The number of aromatic nitrogens is 1. The van der Waals surface area contributed by atoms with E-state index in [1.165, 1.54) is 0 Å². The van der Waals surface area contributed by atoms with Gasteiger partial charge in [0.1, 0.15) is 4.90 Å². The lowest BCUT2D eigenvalue weighted by molar-refractivity contribution is 0.546. The van der Waals surface area contributed by atoms with Gasteiger partial charge in [-0.05, 0) is 48.4 Å². The highest BCUT2D eigenvalue weighted by molar-refractivity contribution is 7.99. The molecule has 4 nitrogen and oxygen atoms in total. The molecule has 0 aliphatic carbocycles. The minimum absolute atomic E-state index is 0.205. The maximum atomic E-state index is 13.1. The number of benzene rings is 2. The number of hydrogen-bond donors (Lipinski definition) is 1. The van der Waals surface area contributed by atoms with Crippen LogP contribution in [0.2, 0.25) is 0 Å². The largest absolute Gasteiger partial charge is 0.255 e. The van der Waals surface area contributed by atoms with Gasteiger partial charge in [-0.2, -0.15) is 0 Å². The summed E-state index contributed by atoms with van der Waals surface area (Å²) >= 11 is 1.77. The molecule has 25 heavy (non-hydrogen) atoms. The molecule has 2 heterocycles. The molecule has 3 aromatic rings. The van der Waals surface area contributed by atoms with E-state index in [1.54, 1.807) is 30.1 Å². The fraction of sp³-hybridized carbons (Fsp3) is 0.211. The third-order valence-corrected chi connectivity index (χ3v) is 6.98. The third-order valence-electron chi connectivity index (χ3n) is 4.36. The number of sulfonamides is 1. The van der Waals surface area contributed by atoms with E-state index in [9.17, 15) is 8.42 Å². The number of nitrogens with zero attached hydrogens (tertiary/aromatic N) is 1. The van der Waals surface area contributed by atoms with Crippen molar-refractivity contribution in [2.45, 2.75) is 29.2 Å². The first-order valence-electron chi connectivity index (χ1n) is 8.14. The van der Waals surface area contributed by atoms with Crippen molar-refractivity contribution in [1.29, 1.82) is 0 Å². The van der Waals surface area contributed by atoms with Gasteiger partial charge in [-0.25, -0.2) is 13.1 Å². The Kier molecular flexibility index (Phi) is 4.27. The van der Waals surface area contributed by atoms with Crippen LogP contribution in [-0.4, -0.2) is 19.2 Å². The maximum absolute atomic E-state index is 13.1. The molecule has 0 spiro atoms. The first kappa shape index (κ1) is 16.6. The molecule has 1 N–H and O–H groups in total. The number of rotatable bonds is 3. The summed E-state index contributed by atoms with van der Waals surface area (Å²) in [5, 5.41) is 0.836. The van der Waals surface area contributed by atoms with Gasteiger partial charge in [0.05, 0.1) is 5.52 Å². The molecule has 0 amide bonds. The Morgan fingerprint density at radius 2 is 2.00 bits per heavy atom. The summed E-state index contributed by atoms with van der Waals surface area (Å²) in [6, 6.07) is 15.0. The molecule has 1 aliphatic heterocycles. The Hall–Kier alpha value is -1.89. The summed E-state index contributed by atoms with van der Waals surface area (Å²) in [4.78, 5) is 5.74.